The average Bonchev–Trinajstić information content (AvgIpc) is 3.52. The molecule has 0 amide bonds. The summed E-state index contributed by atoms with van der Waals surface area (Å²) < 4.78 is 15.9. The van der Waals surface area contributed by atoms with Crippen LogP contribution in [0.25, 0.3) is 11.0 Å². The smallest absolute Gasteiger partial charge is 0.867 e. The second-order valence-corrected chi connectivity index (χ2v) is 23.6. The van der Waals surface area contributed by atoms with Crippen LogP contribution in [-0.2, 0) is 39.8 Å². The zero-order valence-electron chi connectivity index (χ0n) is 48.0. The van der Waals surface area contributed by atoms with Gasteiger partial charge in [-0.25, -0.2) is 14.6 Å². The van der Waals surface area contributed by atoms with E-state index >= 15 is 0 Å². The molecule has 10 atom stereocenters. The number of nitrogen functional groups attached to an aromatic ring is 1. The van der Waals surface area contributed by atoms with E-state index in [2.05, 4.69) is 41.7 Å². The number of ether oxygens (including phenoxy) is 3. The molecule has 4 N–H and O–H groups in total. The fourth-order valence-corrected chi connectivity index (χ4v) is 15.6. The van der Waals surface area contributed by atoms with Crippen molar-refractivity contribution in [1.82, 2.24) is 19.4 Å². The summed E-state index contributed by atoms with van der Waals surface area (Å²) in [4.78, 5) is 66.9. The van der Waals surface area contributed by atoms with Crippen LogP contribution in [0.5, 0.6) is 0 Å². The maximum atomic E-state index is 13.7. The number of nitrogens with two attached hydrogens (primary N) is 1. The van der Waals surface area contributed by atoms with Gasteiger partial charge in [-0.15, -0.1) is 0 Å². The van der Waals surface area contributed by atoms with Gasteiger partial charge in [0.15, 0.2) is 0 Å². The molecule has 428 valence electrons. The van der Waals surface area contributed by atoms with Crippen LogP contribution in [0.4, 0.5) is 11.4 Å². The Morgan fingerprint density at radius 2 is 1.11 bits per heavy atom. The zero-order chi connectivity index (χ0) is 55.3. The first kappa shape index (κ1) is 62.1. The van der Waals surface area contributed by atoms with E-state index in [-0.39, 0.29) is 66.8 Å². The first-order chi connectivity index (χ1) is 37.7. The minimum Gasteiger partial charge on any atom is -0.867 e. The second-order valence-electron chi connectivity index (χ2n) is 23.6. The number of aromatic nitrogens is 2. The van der Waals surface area contributed by atoms with Crippen LogP contribution >= 0.6 is 0 Å². The van der Waals surface area contributed by atoms with E-state index in [0.29, 0.717) is 36.5 Å². The molecular formula is C62H89N6NaO10. The Bertz CT molecular complexity index is 2540. The van der Waals surface area contributed by atoms with Crippen molar-refractivity contribution in [3.63, 3.8) is 0 Å². The van der Waals surface area contributed by atoms with Gasteiger partial charge in [0.05, 0.1) is 48.6 Å². The van der Waals surface area contributed by atoms with Gasteiger partial charge in [0, 0.05) is 61.3 Å². The van der Waals surface area contributed by atoms with Crippen LogP contribution in [0.1, 0.15) is 181 Å². The van der Waals surface area contributed by atoms with Crippen molar-refractivity contribution in [2.24, 2.45) is 23.7 Å². The van der Waals surface area contributed by atoms with Crippen LogP contribution in [-0.4, -0.2) is 110 Å². The van der Waals surface area contributed by atoms with Crippen LogP contribution in [0.3, 0.4) is 0 Å². The number of carbonyl (C=O) groups is 4. The topological polar surface area (TPSA) is 219 Å². The number of rotatable bonds is 12. The van der Waals surface area contributed by atoms with Crippen LogP contribution in [0.2, 0.25) is 0 Å². The number of esters is 3. The van der Waals surface area contributed by atoms with E-state index in [0.717, 1.165) is 90.0 Å². The van der Waals surface area contributed by atoms with Gasteiger partial charge in [-0.1, -0.05) is 75.6 Å². The maximum absolute atomic E-state index is 13.7. The SMILES string of the molecule is CC(=O)O.CCOC(=O)/C=C(\[O-])C(=O)OCC.CCOC(=O)Cc1nc2ccccc2n(C2C[C@H]3CCC[C@@H](C2)N3C2CC3CCCC(C3)C2)c1=O.Nc1ccccc1NC1C[C@H]2CCC[C@@H](C1)N2C1CC2CCCC(C2)C1.[Na+]. The van der Waals surface area contributed by atoms with Crippen LogP contribution < -0.4 is 51.3 Å². The molecule has 8 aliphatic rings. The number of carboxylic acid groups (broad SMARTS) is 1. The summed E-state index contributed by atoms with van der Waals surface area (Å²) in [5.41, 5.74) is 10.1. The molecule has 4 saturated carbocycles. The monoisotopic (exact) mass is 1100 g/mol. The van der Waals surface area contributed by atoms with Gasteiger partial charge >= 0.3 is 47.5 Å². The van der Waals surface area contributed by atoms with Crippen molar-refractivity contribution in [1.29, 1.82) is 0 Å². The molecule has 2 aromatic carbocycles. The molecule has 6 unspecified atom stereocenters. The van der Waals surface area contributed by atoms with Crippen LogP contribution in [0, 0.1) is 23.7 Å². The summed E-state index contributed by atoms with van der Waals surface area (Å²) in [5, 5.41) is 22.0. The number of nitrogens with one attached hydrogen (secondary N) is 1. The fourth-order valence-electron chi connectivity index (χ4n) is 15.6. The van der Waals surface area contributed by atoms with Crippen molar-refractivity contribution >= 4 is 46.3 Å². The molecule has 8 bridgehead atoms. The van der Waals surface area contributed by atoms with Gasteiger partial charge in [0.25, 0.3) is 11.5 Å². The number of aliphatic carboxylic acids is 1. The molecule has 1 aromatic heterocycles. The van der Waals surface area contributed by atoms with Gasteiger partial charge in [-0.2, -0.15) is 0 Å². The number of piperidine rings is 4. The number of hydrogen-bond acceptors (Lipinski definition) is 14. The largest absolute Gasteiger partial charge is 1.00 e. The molecule has 8 fully saturated rings. The summed E-state index contributed by atoms with van der Waals surface area (Å²) in [5.74, 6) is -0.155. The molecule has 79 heavy (non-hydrogen) atoms. The molecule has 5 heterocycles. The van der Waals surface area contributed by atoms with E-state index in [1.807, 2.05) is 41.0 Å². The van der Waals surface area contributed by atoms with Crippen molar-refractivity contribution in [2.75, 3.05) is 30.9 Å². The Hall–Kier alpha value is -4.48. The minimum atomic E-state index is -1.05. The number of benzene rings is 2. The van der Waals surface area contributed by atoms with Gasteiger partial charge in [-0.3, -0.25) is 24.2 Å². The predicted molar refractivity (Wildman–Crippen MR) is 300 cm³/mol. The maximum Gasteiger partial charge on any atom is 1.00 e. The summed E-state index contributed by atoms with van der Waals surface area (Å²) in [6.07, 6.45) is 30.8. The molecule has 4 saturated heterocycles. The van der Waals surface area contributed by atoms with Crippen molar-refractivity contribution in [3.8, 4) is 0 Å². The van der Waals surface area contributed by atoms with Gasteiger partial charge in [0.2, 0.25) is 0 Å². The molecule has 17 heteroatoms. The molecule has 0 spiro atoms. The molecule has 0 radical (unpaired) electrons. The summed E-state index contributed by atoms with van der Waals surface area (Å²) in [6, 6.07) is 21.3. The fraction of sp³-hybridized carbons (Fsp3) is 0.677. The number of nitrogens with zero attached hydrogens (tertiary/aromatic N) is 4. The molecular weight excluding hydrogens is 1010 g/mol. The number of fused-ring (bicyclic) bond motifs is 9. The number of carbonyl (C=O) groups excluding carboxylic acids is 3. The Morgan fingerprint density at radius 1 is 0.646 bits per heavy atom. The van der Waals surface area contributed by atoms with Crippen LogP contribution in [0.15, 0.2) is 65.2 Å². The number of para-hydroxylation sites is 4. The van der Waals surface area contributed by atoms with E-state index < -0.39 is 23.7 Å². The first-order valence-electron chi connectivity index (χ1n) is 29.9. The number of anilines is 2. The molecule has 4 aliphatic carbocycles. The normalized spacial score (nSPS) is 29.9. The average molecular weight is 1100 g/mol. The molecule has 16 nitrogen and oxygen atoms in total. The van der Waals surface area contributed by atoms with Crippen molar-refractivity contribution in [2.45, 2.75) is 224 Å². The van der Waals surface area contributed by atoms with Crippen molar-refractivity contribution in [3.05, 3.63) is 76.4 Å². The Balaban J connectivity index is 0.000000180. The number of hydrogen-bond donors (Lipinski definition) is 3. The Morgan fingerprint density at radius 3 is 1.62 bits per heavy atom. The third kappa shape index (κ3) is 16.6. The summed E-state index contributed by atoms with van der Waals surface area (Å²) >= 11 is 0. The summed E-state index contributed by atoms with van der Waals surface area (Å²) in [6.45, 7) is 6.60. The van der Waals surface area contributed by atoms with Crippen molar-refractivity contribution < 1.29 is 73.2 Å². The van der Waals surface area contributed by atoms with E-state index in [1.54, 1.807) is 20.8 Å². The quantitative estimate of drug-likeness (QED) is 0.0440. The second kappa shape index (κ2) is 30.0. The van der Waals surface area contributed by atoms with E-state index in [4.69, 9.17) is 20.4 Å². The van der Waals surface area contributed by atoms with Gasteiger partial charge < -0.3 is 40.0 Å². The third-order valence-corrected chi connectivity index (χ3v) is 18.3. The zero-order valence-corrected chi connectivity index (χ0v) is 50.0. The molecule has 11 rings (SSSR count). The van der Waals surface area contributed by atoms with E-state index in [1.165, 1.54) is 128 Å². The Kier molecular flexibility index (Phi) is 23.6. The van der Waals surface area contributed by atoms with Gasteiger partial charge in [-0.05, 0) is 164 Å². The minimum absolute atomic E-state index is 0. The predicted octanol–water partition coefficient (Wildman–Crippen LogP) is 6.52. The van der Waals surface area contributed by atoms with Gasteiger partial charge in [0.1, 0.15) is 5.69 Å². The standard InChI is InChI=1S/C29H39N3O3.C23H35N3.C8H12O5.C2H4O2.Na/c1-2-35-28(33)18-26-29(34)32(27-12-4-3-11-25(27)30-26)24-16-21-9-6-10-22(17-24)31(21)23-14-19-7-5-8-20(13-19)15-23;24-22-9-1-2-10-23(22)25-18-14-19-7-4-8-20(15-18)26(19)21-12-16-5-3-6-17(11-16)13-21;1-3-12-7(10)5-6(9)8(11)13-4-2;1-2(3)4;/h3-4,11-12,19-24H,2,5-10,13-18H2,1H3;1-2,9-10,16-21,25H,3-8,11-15,24H2;5,9H,3-4H2,1-2H3;1H3,(H,3,4);/q;;;;+1/p-1/b;;6-5-;;/t19?,20?,21-,22+,23?,24?;16?,17?,18?,19-,20+,21?;;;. The molecule has 4 aliphatic heterocycles. The summed E-state index contributed by atoms with van der Waals surface area (Å²) in [7, 11) is 0. The molecule has 3 aromatic rings. The number of carboxylic acids is 1. The van der Waals surface area contributed by atoms with E-state index in [9.17, 15) is 24.3 Å². The Labute approximate surface area is 490 Å². The first-order valence-corrected chi connectivity index (χ1v) is 29.9. The third-order valence-electron chi connectivity index (χ3n) is 18.3.